The van der Waals surface area contributed by atoms with Crippen LogP contribution in [-0.4, -0.2) is 23.9 Å². The highest BCUT2D eigenvalue weighted by molar-refractivity contribution is 5.97. The van der Waals surface area contributed by atoms with Crippen molar-refractivity contribution in [3.63, 3.8) is 0 Å². The molecule has 3 atom stereocenters. The van der Waals surface area contributed by atoms with E-state index in [1.165, 1.54) is 0 Å². The largest absolute Gasteiger partial charge is 0.352 e. The van der Waals surface area contributed by atoms with Gasteiger partial charge in [0.2, 0.25) is 5.91 Å². The predicted molar refractivity (Wildman–Crippen MR) is 89.7 cm³/mol. The summed E-state index contributed by atoms with van der Waals surface area (Å²) in [4.78, 5) is 24.8. The standard InChI is InChI=1S/C18H28N2O2/c1-5-10-14(4)19-18(22)16(13(3)6-2)20-17(21)15-11-8-7-9-12-15/h7-9,11-14,16H,5-6,10H2,1-4H3,(H,19,22)(H,20,21)/t13?,14-,16+/m1/s1. The number of carbonyl (C=O) groups is 2. The lowest BCUT2D eigenvalue weighted by atomic mass is 9.97. The van der Waals surface area contributed by atoms with Gasteiger partial charge in [-0.1, -0.05) is 51.8 Å². The zero-order chi connectivity index (χ0) is 16.5. The highest BCUT2D eigenvalue weighted by Crippen LogP contribution is 2.10. The van der Waals surface area contributed by atoms with Crippen LogP contribution in [0.15, 0.2) is 30.3 Å². The number of benzene rings is 1. The predicted octanol–water partition coefficient (Wildman–Crippen LogP) is 3.14. The molecule has 0 aromatic heterocycles. The van der Waals surface area contributed by atoms with Crippen LogP contribution in [-0.2, 0) is 4.79 Å². The molecule has 0 saturated carbocycles. The third-order valence-electron chi connectivity index (χ3n) is 3.93. The third-order valence-corrected chi connectivity index (χ3v) is 3.93. The fourth-order valence-electron chi connectivity index (χ4n) is 2.35. The second-order valence-corrected chi connectivity index (χ2v) is 5.90. The molecule has 1 aromatic rings. The zero-order valence-corrected chi connectivity index (χ0v) is 14.1. The molecular weight excluding hydrogens is 276 g/mol. The Kier molecular flexibility index (Phi) is 7.64. The first-order valence-electron chi connectivity index (χ1n) is 8.15. The molecule has 1 aromatic carbocycles. The highest BCUT2D eigenvalue weighted by atomic mass is 16.2. The molecule has 0 heterocycles. The van der Waals surface area contributed by atoms with Gasteiger partial charge in [-0.15, -0.1) is 0 Å². The van der Waals surface area contributed by atoms with Gasteiger partial charge in [-0.25, -0.2) is 0 Å². The lowest BCUT2D eigenvalue weighted by Gasteiger charge is -2.25. The van der Waals surface area contributed by atoms with Crippen molar-refractivity contribution in [3.05, 3.63) is 35.9 Å². The van der Waals surface area contributed by atoms with Crippen molar-refractivity contribution in [2.45, 2.75) is 59.0 Å². The molecule has 122 valence electrons. The average molecular weight is 304 g/mol. The van der Waals surface area contributed by atoms with Gasteiger partial charge in [-0.2, -0.15) is 0 Å². The molecule has 1 rings (SSSR count). The minimum atomic E-state index is -0.503. The van der Waals surface area contributed by atoms with Crippen molar-refractivity contribution in [2.75, 3.05) is 0 Å². The number of rotatable bonds is 8. The van der Waals surface area contributed by atoms with E-state index in [0.717, 1.165) is 19.3 Å². The Morgan fingerprint density at radius 2 is 1.68 bits per heavy atom. The first-order chi connectivity index (χ1) is 10.5. The van der Waals surface area contributed by atoms with Crippen LogP contribution in [0.4, 0.5) is 0 Å². The highest BCUT2D eigenvalue weighted by Gasteiger charge is 2.26. The van der Waals surface area contributed by atoms with Gasteiger partial charge >= 0.3 is 0 Å². The summed E-state index contributed by atoms with van der Waals surface area (Å²) in [5, 5.41) is 5.88. The van der Waals surface area contributed by atoms with Gasteiger partial charge < -0.3 is 10.6 Å². The zero-order valence-electron chi connectivity index (χ0n) is 14.1. The van der Waals surface area contributed by atoms with Crippen molar-refractivity contribution >= 4 is 11.8 Å². The van der Waals surface area contributed by atoms with Crippen LogP contribution in [0.1, 0.15) is 57.3 Å². The Hall–Kier alpha value is -1.84. The van der Waals surface area contributed by atoms with Gasteiger partial charge in [0.15, 0.2) is 0 Å². The second-order valence-electron chi connectivity index (χ2n) is 5.90. The fourth-order valence-corrected chi connectivity index (χ4v) is 2.35. The molecule has 0 aliphatic heterocycles. The van der Waals surface area contributed by atoms with Gasteiger partial charge in [0, 0.05) is 11.6 Å². The van der Waals surface area contributed by atoms with Gasteiger partial charge in [-0.3, -0.25) is 9.59 Å². The first kappa shape index (κ1) is 18.2. The van der Waals surface area contributed by atoms with E-state index in [1.807, 2.05) is 39.0 Å². The summed E-state index contributed by atoms with van der Waals surface area (Å²) < 4.78 is 0. The SMILES string of the molecule is CCC[C@@H](C)NC(=O)[C@@H](NC(=O)c1ccccc1)C(C)CC. The van der Waals surface area contributed by atoms with Crippen molar-refractivity contribution < 1.29 is 9.59 Å². The number of hydrogen-bond donors (Lipinski definition) is 2. The molecule has 1 unspecified atom stereocenters. The van der Waals surface area contributed by atoms with Gasteiger partial charge in [0.25, 0.3) is 5.91 Å². The number of carbonyl (C=O) groups excluding carboxylic acids is 2. The molecule has 4 nitrogen and oxygen atoms in total. The molecule has 4 heteroatoms. The summed E-state index contributed by atoms with van der Waals surface area (Å²) in [6.45, 7) is 8.09. The normalized spacial score (nSPS) is 14.7. The summed E-state index contributed by atoms with van der Waals surface area (Å²) >= 11 is 0. The van der Waals surface area contributed by atoms with Crippen molar-refractivity contribution in [3.8, 4) is 0 Å². The molecule has 0 saturated heterocycles. The number of hydrogen-bond acceptors (Lipinski definition) is 2. The van der Waals surface area contributed by atoms with Crippen LogP contribution in [0.5, 0.6) is 0 Å². The summed E-state index contributed by atoms with van der Waals surface area (Å²) in [6.07, 6.45) is 2.78. The summed E-state index contributed by atoms with van der Waals surface area (Å²) in [5.74, 6) is -0.217. The Morgan fingerprint density at radius 3 is 2.23 bits per heavy atom. The summed E-state index contributed by atoms with van der Waals surface area (Å²) in [5.41, 5.74) is 0.574. The minimum absolute atomic E-state index is 0.0847. The van der Waals surface area contributed by atoms with E-state index >= 15 is 0 Å². The Balaban J connectivity index is 2.76. The second kappa shape index (κ2) is 9.23. The van der Waals surface area contributed by atoms with Crippen LogP contribution in [0, 0.1) is 5.92 Å². The van der Waals surface area contributed by atoms with Crippen LogP contribution in [0.3, 0.4) is 0 Å². The molecule has 2 amide bonds. The van der Waals surface area contributed by atoms with E-state index in [1.54, 1.807) is 12.1 Å². The van der Waals surface area contributed by atoms with Gasteiger partial charge in [0.1, 0.15) is 6.04 Å². The fraction of sp³-hybridized carbons (Fsp3) is 0.556. The monoisotopic (exact) mass is 304 g/mol. The lowest BCUT2D eigenvalue weighted by molar-refractivity contribution is -0.124. The number of nitrogens with one attached hydrogen (secondary N) is 2. The van der Waals surface area contributed by atoms with Crippen molar-refractivity contribution in [1.82, 2.24) is 10.6 Å². The van der Waals surface area contributed by atoms with E-state index in [9.17, 15) is 9.59 Å². The van der Waals surface area contributed by atoms with Crippen molar-refractivity contribution in [1.29, 1.82) is 0 Å². The van der Waals surface area contributed by atoms with E-state index in [0.29, 0.717) is 5.56 Å². The van der Waals surface area contributed by atoms with E-state index in [4.69, 9.17) is 0 Å². The molecular formula is C18H28N2O2. The Morgan fingerprint density at radius 1 is 1.05 bits per heavy atom. The van der Waals surface area contributed by atoms with Gasteiger partial charge in [-0.05, 0) is 31.4 Å². The van der Waals surface area contributed by atoms with Crippen LogP contribution in [0.2, 0.25) is 0 Å². The molecule has 0 spiro atoms. The summed E-state index contributed by atoms with van der Waals surface area (Å²) in [7, 11) is 0. The minimum Gasteiger partial charge on any atom is -0.352 e. The summed E-state index contributed by atoms with van der Waals surface area (Å²) in [6, 6.07) is 8.62. The Labute approximate surface area is 133 Å². The molecule has 0 fully saturated rings. The molecule has 0 aliphatic rings. The molecule has 0 aliphatic carbocycles. The first-order valence-corrected chi connectivity index (χ1v) is 8.15. The average Bonchev–Trinajstić information content (AvgIpc) is 2.52. The maximum Gasteiger partial charge on any atom is 0.251 e. The van der Waals surface area contributed by atoms with Crippen molar-refractivity contribution in [2.24, 2.45) is 5.92 Å². The topological polar surface area (TPSA) is 58.2 Å². The van der Waals surface area contributed by atoms with E-state index in [-0.39, 0.29) is 23.8 Å². The molecule has 22 heavy (non-hydrogen) atoms. The van der Waals surface area contributed by atoms with E-state index < -0.39 is 6.04 Å². The lowest BCUT2D eigenvalue weighted by Crippen LogP contribution is -2.52. The third kappa shape index (κ3) is 5.51. The van der Waals surface area contributed by atoms with Gasteiger partial charge in [0.05, 0.1) is 0 Å². The molecule has 0 bridgehead atoms. The van der Waals surface area contributed by atoms with Crippen LogP contribution in [0.25, 0.3) is 0 Å². The van der Waals surface area contributed by atoms with Crippen LogP contribution < -0.4 is 10.6 Å². The van der Waals surface area contributed by atoms with E-state index in [2.05, 4.69) is 17.6 Å². The smallest absolute Gasteiger partial charge is 0.251 e. The molecule has 0 radical (unpaired) electrons. The Bertz CT molecular complexity index is 473. The maximum atomic E-state index is 12.5. The maximum absolute atomic E-state index is 12.5. The molecule has 2 N–H and O–H groups in total. The quantitative estimate of drug-likeness (QED) is 0.775. The van der Waals surface area contributed by atoms with Crippen LogP contribution >= 0.6 is 0 Å². The number of amides is 2.